The van der Waals surface area contributed by atoms with Crippen molar-refractivity contribution in [2.45, 2.75) is 19.0 Å². The van der Waals surface area contributed by atoms with Crippen LogP contribution >= 0.6 is 0 Å². The maximum Gasteiger partial charge on any atom is 0.212 e. The quantitative estimate of drug-likeness (QED) is 0.541. The zero-order valence-corrected chi connectivity index (χ0v) is 15.6. The molecule has 0 spiro atoms. The largest absolute Gasteiger partial charge is 0.494 e. The zero-order valence-electron chi connectivity index (χ0n) is 14.8. The van der Waals surface area contributed by atoms with E-state index in [9.17, 15) is 8.42 Å². The number of rotatable bonds is 10. The van der Waals surface area contributed by atoms with Crippen molar-refractivity contribution in [2.75, 3.05) is 12.4 Å². The van der Waals surface area contributed by atoms with Gasteiger partial charge in [-0.15, -0.1) is 0 Å². The van der Waals surface area contributed by atoms with Crippen LogP contribution in [-0.2, 0) is 16.6 Å². The van der Waals surface area contributed by atoms with E-state index in [4.69, 9.17) is 4.74 Å². The number of nitrogens with zero attached hydrogens (tertiary/aromatic N) is 3. The second-order valence-corrected chi connectivity index (χ2v) is 7.87. The van der Waals surface area contributed by atoms with Crippen molar-refractivity contribution in [1.29, 1.82) is 0 Å². The summed E-state index contributed by atoms with van der Waals surface area (Å²) in [4.78, 5) is 1.47. The van der Waals surface area contributed by atoms with Crippen molar-refractivity contribution in [2.24, 2.45) is 0 Å². The Morgan fingerprint density at radius 2 is 1.59 bits per heavy atom. The van der Waals surface area contributed by atoms with E-state index in [1.165, 1.54) is 4.80 Å². The molecule has 0 aliphatic heterocycles. The van der Waals surface area contributed by atoms with Crippen LogP contribution in [0.25, 0.3) is 0 Å². The van der Waals surface area contributed by atoms with Gasteiger partial charge in [-0.05, 0) is 24.1 Å². The molecular formula is C19H22N4O3S. The molecule has 0 fully saturated rings. The van der Waals surface area contributed by atoms with Crippen molar-refractivity contribution < 1.29 is 13.2 Å². The molecule has 1 unspecified atom stereocenters. The SMILES string of the molecule is O=S(=O)(CCCOc1ccccc1)NC(Cn1nccn1)c1ccccc1. The molecule has 2 aromatic carbocycles. The van der Waals surface area contributed by atoms with Gasteiger partial charge in [0.2, 0.25) is 10.0 Å². The maximum atomic E-state index is 12.5. The van der Waals surface area contributed by atoms with Crippen molar-refractivity contribution in [1.82, 2.24) is 19.7 Å². The van der Waals surface area contributed by atoms with E-state index in [-0.39, 0.29) is 5.75 Å². The minimum atomic E-state index is -3.49. The lowest BCUT2D eigenvalue weighted by molar-refractivity contribution is 0.317. The first-order chi connectivity index (χ1) is 13.1. The van der Waals surface area contributed by atoms with Gasteiger partial charge in [0.25, 0.3) is 0 Å². The molecule has 1 heterocycles. The molecule has 8 heteroatoms. The molecule has 0 radical (unpaired) electrons. The number of ether oxygens (including phenoxy) is 1. The summed E-state index contributed by atoms with van der Waals surface area (Å²) in [5, 5.41) is 8.14. The second-order valence-electron chi connectivity index (χ2n) is 6.00. The lowest BCUT2D eigenvalue weighted by Gasteiger charge is -2.19. The van der Waals surface area contributed by atoms with E-state index in [0.29, 0.717) is 19.6 Å². The smallest absolute Gasteiger partial charge is 0.212 e. The predicted molar refractivity (Wildman–Crippen MR) is 103 cm³/mol. The van der Waals surface area contributed by atoms with Gasteiger partial charge in [-0.25, -0.2) is 13.1 Å². The van der Waals surface area contributed by atoms with E-state index in [1.54, 1.807) is 12.4 Å². The highest BCUT2D eigenvalue weighted by atomic mass is 32.2. The molecular weight excluding hydrogens is 364 g/mol. The molecule has 3 aromatic rings. The minimum Gasteiger partial charge on any atom is -0.494 e. The van der Waals surface area contributed by atoms with Gasteiger partial charge in [-0.2, -0.15) is 15.0 Å². The van der Waals surface area contributed by atoms with E-state index in [2.05, 4.69) is 14.9 Å². The summed E-state index contributed by atoms with van der Waals surface area (Å²) in [5.74, 6) is 0.713. The summed E-state index contributed by atoms with van der Waals surface area (Å²) >= 11 is 0. The first-order valence-corrected chi connectivity index (χ1v) is 10.3. The Bertz CT molecular complexity index is 901. The Labute approximate surface area is 159 Å². The molecule has 0 aliphatic rings. The first-order valence-electron chi connectivity index (χ1n) is 8.69. The monoisotopic (exact) mass is 386 g/mol. The van der Waals surface area contributed by atoms with Gasteiger partial charge in [-0.3, -0.25) is 0 Å². The van der Waals surface area contributed by atoms with E-state index >= 15 is 0 Å². The number of sulfonamides is 1. The van der Waals surface area contributed by atoms with Crippen LogP contribution in [-0.4, -0.2) is 35.8 Å². The number of aromatic nitrogens is 3. The van der Waals surface area contributed by atoms with Crippen molar-refractivity contribution in [3.8, 4) is 5.75 Å². The summed E-state index contributed by atoms with van der Waals surface area (Å²) in [6, 6.07) is 18.3. The Morgan fingerprint density at radius 1 is 0.963 bits per heavy atom. The third-order valence-electron chi connectivity index (χ3n) is 3.91. The van der Waals surface area contributed by atoms with Gasteiger partial charge in [0.15, 0.2) is 0 Å². The van der Waals surface area contributed by atoms with Gasteiger partial charge >= 0.3 is 0 Å². The van der Waals surface area contributed by atoms with E-state index in [1.807, 2.05) is 60.7 Å². The highest BCUT2D eigenvalue weighted by Crippen LogP contribution is 2.16. The van der Waals surface area contributed by atoms with Gasteiger partial charge in [0, 0.05) is 0 Å². The number of nitrogens with one attached hydrogen (secondary N) is 1. The van der Waals surface area contributed by atoms with Crippen LogP contribution in [0, 0.1) is 0 Å². The van der Waals surface area contributed by atoms with Gasteiger partial charge in [0.1, 0.15) is 5.75 Å². The lowest BCUT2D eigenvalue weighted by Crippen LogP contribution is -2.34. The molecule has 1 atom stereocenters. The van der Waals surface area contributed by atoms with Crippen LogP contribution in [0.5, 0.6) is 5.75 Å². The molecule has 0 aliphatic carbocycles. The highest BCUT2D eigenvalue weighted by Gasteiger charge is 2.20. The van der Waals surface area contributed by atoms with Crippen LogP contribution in [0.2, 0.25) is 0 Å². The molecule has 7 nitrogen and oxygen atoms in total. The van der Waals surface area contributed by atoms with E-state index < -0.39 is 16.1 Å². The summed E-state index contributed by atoms with van der Waals surface area (Å²) in [6.45, 7) is 0.651. The molecule has 0 amide bonds. The molecule has 3 rings (SSSR count). The fourth-order valence-electron chi connectivity index (χ4n) is 2.63. The lowest BCUT2D eigenvalue weighted by atomic mass is 10.1. The van der Waals surface area contributed by atoms with E-state index in [0.717, 1.165) is 11.3 Å². The Hall–Kier alpha value is -2.71. The average Bonchev–Trinajstić information content (AvgIpc) is 3.19. The molecule has 27 heavy (non-hydrogen) atoms. The first kappa shape index (κ1) is 19.1. The summed E-state index contributed by atoms with van der Waals surface area (Å²) in [7, 11) is -3.49. The van der Waals surface area contributed by atoms with Crippen molar-refractivity contribution in [3.05, 3.63) is 78.6 Å². The summed E-state index contributed by atoms with van der Waals surface area (Å²) in [5.41, 5.74) is 0.860. The van der Waals surface area contributed by atoms with Gasteiger partial charge < -0.3 is 4.74 Å². The zero-order chi connectivity index (χ0) is 19.0. The van der Waals surface area contributed by atoms with Crippen LogP contribution < -0.4 is 9.46 Å². The predicted octanol–water partition coefficient (Wildman–Crippen LogP) is 2.41. The van der Waals surface area contributed by atoms with Crippen molar-refractivity contribution >= 4 is 10.0 Å². The highest BCUT2D eigenvalue weighted by molar-refractivity contribution is 7.89. The van der Waals surface area contributed by atoms with Crippen LogP contribution in [0.1, 0.15) is 18.0 Å². The standard InChI is InChI=1S/C19H22N4O3S/c24-27(25,15-7-14-26-18-10-5-2-6-11-18)22-19(16-23-20-12-13-21-23)17-8-3-1-4-9-17/h1-6,8-13,19,22H,7,14-16H2. The molecule has 1 N–H and O–H groups in total. The third-order valence-corrected chi connectivity index (χ3v) is 5.38. The Morgan fingerprint density at radius 3 is 2.26 bits per heavy atom. The average molecular weight is 386 g/mol. The Kier molecular flexibility index (Phi) is 6.56. The normalized spacial score (nSPS) is 12.6. The van der Waals surface area contributed by atoms with Crippen molar-refractivity contribution in [3.63, 3.8) is 0 Å². The van der Waals surface area contributed by atoms with Gasteiger partial charge in [-0.1, -0.05) is 48.5 Å². The second kappa shape index (κ2) is 9.29. The molecule has 0 bridgehead atoms. The Balaban J connectivity index is 1.58. The molecule has 0 saturated carbocycles. The number of hydrogen-bond donors (Lipinski definition) is 1. The summed E-state index contributed by atoms with van der Waals surface area (Å²) in [6.07, 6.45) is 3.53. The maximum absolute atomic E-state index is 12.5. The topological polar surface area (TPSA) is 86.1 Å². The molecule has 142 valence electrons. The number of hydrogen-bond acceptors (Lipinski definition) is 5. The van der Waals surface area contributed by atoms with Crippen LogP contribution in [0.4, 0.5) is 0 Å². The molecule has 1 aromatic heterocycles. The number of benzene rings is 2. The van der Waals surface area contributed by atoms with Crippen LogP contribution in [0.3, 0.4) is 0 Å². The van der Waals surface area contributed by atoms with Crippen LogP contribution in [0.15, 0.2) is 73.1 Å². The summed E-state index contributed by atoms with van der Waals surface area (Å²) < 4.78 is 33.4. The minimum absolute atomic E-state index is 0.0182. The number of para-hydroxylation sites is 1. The fourth-order valence-corrected chi connectivity index (χ4v) is 3.89. The van der Waals surface area contributed by atoms with Gasteiger partial charge in [0.05, 0.1) is 37.3 Å². The molecule has 0 saturated heterocycles. The fraction of sp³-hybridized carbons (Fsp3) is 0.263. The third kappa shape index (κ3) is 6.19.